The Morgan fingerprint density at radius 3 is 2.47 bits per heavy atom. The molecule has 1 aromatic heterocycles. The molecule has 159 valence electrons. The molecule has 1 heterocycles. The van der Waals surface area contributed by atoms with E-state index in [2.05, 4.69) is 86.1 Å². The summed E-state index contributed by atoms with van der Waals surface area (Å²) in [6, 6.07) is 19.9. The van der Waals surface area contributed by atoms with Crippen LogP contribution in [0.2, 0.25) is 0 Å². The molecule has 0 spiro atoms. The van der Waals surface area contributed by atoms with E-state index < -0.39 is 0 Å². The molecule has 0 saturated carbocycles. The van der Waals surface area contributed by atoms with E-state index in [0.29, 0.717) is 5.92 Å². The van der Waals surface area contributed by atoms with Crippen LogP contribution in [0.4, 0.5) is 0 Å². The molecule has 0 atom stereocenters. The molecular formula is C27H34NOS. The van der Waals surface area contributed by atoms with Crippen LogP contribution in [-0.2, 0) is 19.4 Å². The molecule has 3 aromatic rings. The van der Waals surface area contributed by atoms with E-state index in [9.17, 15) is 0 Å². The van der Waals surface area contributed by atoms with Crippen LogP contribution in [0.25, 0.3) is 10.4 Å². The van der Waals surface area contributed by atoms with Crippen molar-refractivity contribution in [1.82, 2.24) is 5.32 Å². The van der Waals surface area contributed by atoms with Crippen LogP contribution < -0.4 is 10.1 Å². The van der Waals surface area contributed by atoms with Crippen LogP contribution in [-0.4, -0.2) is 13.2 Å². The predicted octanol–water partition coefficient (Wildman–Crippen LogP) is 6.94. The van der Waals surface area contributed by atoms with Crippen molar-refractivity contribution in [2.75, 3.05) is 13.2 Å². The quantitative estimate of drug-likeness (QED) is 0.320. The smallest absolute Gasteiger partial charge is 0.127 e. The zero-order valence-electron chi connectivity index (χ0n) is 18.3. The summed E-state index contributed by atoms with van der Waals surface area (Å²) in [5.41, 5.74) is 5.28. The SMILES string of the molecule is [CH2]CCNCc1ccc(OCCCc2ccc(CC(C)C)cc2)c(-c2cccs2)c1. The van der Waals surface area contributed by atoms with Crippen LogP contribution >= 0.6 is 11.3 Å². The molecule has 30 heavy (non-hydrogen) atoms. The van der Waals surface area contributed by atoms with E-state index in [1.54, 1.807) is 11.3 Å². The van der Waals surface area contributed by atoms with Crippen LogP contribution in [0.15, 0.2) is 60.0 Å². The normalized spacial score (nSPS) is 11.2. The Labute approximate surface area is 186 Å². The number of hydrogen-bond acceptors (Lipinski definition) is 3. The maximum absolute atomic E-state index is 6.22. The van der Waals surface area contributed by atoms with Crippen molar-refractivity contribution < 1.29 is 4.74 Å². The highest BCUT2D eigenvalue weighted by Gasteiger charge is 2.09. The van der Waals surface area contributed by atoms with Gasteiger partial charge in [0.15, 0.2) is 0 Å². The largest absolute Gasteiger partial charge is 0.493 e. The fourth-order valence-corrected chi connectivity index (χ4v) is 4.31. The second-order valence-electron chi connectivity index (χ2n) is 8.20. The predicted molar refractivity (Wildman–Crippen MR) is 130 cm³/mol. The van der Waals surface area contributed by atoms with Gasteiger partial charge in [0, 0.05) is 17.0 Å². The summed E-state index contributed by atoms with van der Waals surface area (Å²) in [6.07, 6.45) is 4.11. The zero-order chi connectivity index (χ0) is 21.2. The summed E-state index contributed by atoms with van der Waals surface area (Å²) < 4.78 is 6.22. The van der Waals surface area contributed by atoms with Gasteiger partial charge in [0.05, 0.1) is 6.61 Å². The van der Waals surface area contributed by atoms with E-state index in [1.807, 2.05) is 0 Å². The van der Waals surface area contributed by atoms with Crippen LogP contribution in [0.1, 0.15) is 43.4 Å². The van der Waals surface area contributed by atoms with Gasteiger partial charge in [-0.05, 0) is 78.4 Å². The molecule has 1 radical (unpaired) electrons. The standard InChI is InChI=1S/C27H34NOS/c1-4-15-28-20-24-13-14-26(25(19-24)27-8-6-17-30-27)29-16-5-7-22-9-11-23(12-10-22)18-21(2)3/h6,8-14,17,19,21,28H,1,4-5,7,15-16,18,20H2,2-3H3. The van der Waals surface area contributed by atoms with Crippen molar-refractivity contribution in [2.45, 2.75) is 46.1 Å². The Hall–Kier alpha value is -2.10. The van der Waals surface area contributed by atoms with Gasteiger partial charge in [0.1, 0.15) is 5.75 Å². The van der Waals surface area contributed by atoms with Gasteiger partial charge in [0.25, 0.3) is 0 Å². The minimum absolute atomic E-state index is 0.701. The fourth-order valence-electron chi connectivity index (χ4n) is 3.57. The topological polar surface area (TPSA) is 21.3 Å². The number of hydrogen-bond donors (Lipinski definition) is 1. The lowest BCUT2D eigenvalue weighted by Crippen LogP contribution is -2.13. The van der Waals surface area contributed by atoms with Crippen molar-refractivity contribution in [1.29, 1.82) is 0 Å². The Morgan fingerprint density at radius 2 is 1.77 bits per heavy atom. The van der Waals surface area contributed by atoms with Crippen LogP contribution in [0.5, 0.6) is 5.75 Å². The van der Waals surface area contributed by atoms with Crippen molar-refractivity contribution in [3.8, 4) is 16.2 Å². The van der Waals surface area contributed by atoms with Gasteiger partial charge in [-0.1, -0.05) is 57.2 Å². The number of aryl methyl sites for hydroxylation is 1. The number of rotatable bonds is 12. The Bertz CT molecular complexity index is 868. The second kappa shape index (κ2) is 11.9. The first kappa shape index (κ1) is 22.6. The lowest BCUT2D eigenvalue weighted by atomic mass is 10.0. The summed E-state index contributed by atoms with van der Waals surface area (Å²) in [5.74, 6) is 1.68. The molecule has 3 heteroatoms. The monoisotopic (exact) mass is 420 g/mol. The summed E-state index contributed by atoms with van der Waals surface area (Å²) in [5, 5.41) is 5.55. The molecule has 0 bridgehead atoms. The number of benzene rings is 2. The van der Waals surface area contributed by atoms with Crippen molar-refractivity contribution in [3.05, 3.63) is 83.6 Å². The highest BCUT2D eigenvalue weighted by atomic mass is 32.1. The third-order valence-electron chi connectivity index (χ3n) is 5.05. The van der Waals surface area contributed by atoms with Crippen molar-refractivity contribution in [3.63, 3.8) is 0 Å². The Morgan fingerprint density at radius 1 is 1.00 bits per heavy atom. The third kappa shape index (κ3) is 7.00. The molecular weight excluding hydrogens is 386 g/mol. The molecule has 1 N–H and O–H groups in total. The number of thiophene rings is 1. The first-order chi connectivity index (χ1) is 14.7. The highest BCUT2D eigenvalue weighted by molar-refractivity contribution is 7.13. The van der Waals surface area contributed by atoms with Crippen LogP contribution in [0, 0.1) is 12.8 Å². The second-order valence-corrected chi connectivity index (χ2v) is 9.15. The first-order valence-corrected chi connectivity index (χ1v) is 11.9. The summed E-state index contributed by atoms with van der Waals surface area (Å²) in [4.78, 5) is 1.25. The summed E-state index contributed by atoms with van der Waals surface area (Å²) in [7, 11) is 0. The molecule has 0 aliphatic rings. The highest BCUT2D eigenvalue weighted by Crippen LogP contribution is 2.34. The molecule has 0 fully saturated rings. The molecule has 0 unspecified atom stereocenters. The van der Waals surface area contributed by atoms with Crippen LogP contribution in [0.3, 0.4) is 0 Å². The average Bonchev–Trinajstić information content (AvgIpc) is 3.27. The third-order valence-corrected chi connectivity index (χ3v) is 5.95. The molecule has 0 amide bonds. The summed E-state index contributed by atoms with van der Waals surface area (Å²) >= 11 is 1.76. The van der Waals surface area contributed by atoms with E-state index in [4.69, 9.17) is 4.74 Å². The molecule has 2 nitrogen and oxygen atoms in total. The summed E-state index contributed by atoms with van der Waals surface area (Å²) in [6.45, 7) is 10.9. The van der Waals surface area contributed by atoms with Crippen molar-refractivity contribution in [2.24, 2.45) is 5.92 Å². The van der Waals surface area contributed by atoms with Crippen molar-refractivity contribution >= 4 is 11.3 Å². The maximum Gasteiger partial charge on any atom is 0.127 e. The van der Waals surface area contributed by atoms with Gasteiger partial charge in [-0.3, -0.25) is 0 Å². The minimum atomic E-state index is 0.701. The van der Waals surface area contributed by atoms with E-state index in [-0.39, 0.29) is 0 Å². The van der Waals surface area contributed by atoms with E-state index in [1.165, 1.54) is 27.1 Å². The average molecular weight is 421 g/mol. The van der Waals surface area contributed by atoms with E-state index in [0.717, 1.165) is 51.1 Å². The van der Waals surface area contributed by atoms with E-state index >= 15 is 0 Å². The Balaban J connectivity index is 1.56. The fraction of sp³-hybridized carbons (Fsp3) is 0.370. The van der Waals surface area contributed by atoms with Gasteiger partial charge in [-0.15, -0.1) is 11.3 Å². The Kier molecular flexibility index (Phi) is 8.98. The number of nitrogens with one attached hydrogen (secondary N) is 1. The minimum Gasteiger partial charge on any atom is -0.493 e. The van der Waals surface area contributed by atoms with Gasteiger partial charge in [0.2, 0.25) is 0 Å². The molecule has 0 aliphatic heterocycles. The maximum atomic E-state index is 6.22. The first-order valence-electron chi connectivity index (χ1n) is 11.0. The zero-order valence-corrected chi connectivity index (χ0v) is 19.1. The van der Waals surface area contributed by atoms with Gasteiger partial charge >= 0.3 is 0 Å². The van der Waals surface area contributed by atoms with Gasteiger partial charge in [-0.2, -0.15) is 0 Å². The molecule has 0 aliphatic carbocycles. The molecule has 3 rings (SSSR count). The van der Waals surface area contributed by atoms with Gasteiger partial charge < -0.3 is 10.1 Å². The number of ether oxygens (including phenoxy) is 1. The molecule has 0 saturated heterocycles. The van der Waals surface area contributed by atoms with Gasteiger partial charge in [-0.25, -0.2) is 0 Å². The lowest BCUT2D eigenvalue weighted by molar-refractivity contribution is 0.312. The molecule has 2 aromatic carbocycles. The lowest BCUT2D eigenvalue weighted by Gasteiger charge is -2.13.